The number of halogens is 1. The minimum Gasteiger partial charge on any atom is -0.338 e. The molecule has 2 aromatic heterocycles. The SMILES string of the molecule is Cc1cc(C(=O)N2CCCC(c3nccs3)C2)c(C)n1-c1ccc(Br)cc1. The number of hydrogen-bond donors (Lipinski definition) is 0. The van der Waals surface area contributed by atoms with E-state index in [0.29, 0.717) is 5.92 Å². The van der Waals surface area contributed by atoms with E-state index in [4.69, 9.17) is 0 Å². The number of likely N-dealkylation sites (tertiary alicyclic amines) is 1. The molecule has 1 atom stereocenters. The molecule has 6 heteroatoms. The molecule has 3 aromatic rings. The standard InChI is InChI=1S/C21H22BrN3OS/c1-14-12-19(15(2)25(14)18-7-5-17(22)6-8-18)21(26)24-10-3-4-16(13-24)20-23-9-11-27-20/h5-9,11-12,16H,3-4,10,13H2,1-2H3. The van der Waals surface area contributed by atoms with Gasteiger partial charge in [-0.1, -0.05) is 15.9 Å². The second-order valence-corrected chi connectivity index (χ2v) is 8.90. The summed E-state index contributed by atoms with van der Waals surface area (Å²) in [6.07, 6.45) is 3.99. The lowest BCUT2D eigenvalue weighted by Gasteiger charge is -2.32. The fraction of sp³-hybridized carbons (Fsp3) is 0.333. The van der Waals surface area contributed by atoms with Gasteiger partial charge in [-0.15, -0.1) is 11.3 Å². The average Bonchev–Trinajstić information content (AvgIpc) is 3.31. The highest BCUT2D eigenvalue weighted by Gasteiger charge is 2.28. The predicted molar refractivity (Wildman–Crippen MR) is 113 cm³/mol. The van der Waals surface area contributed by atoms with Gasteiger partial charge in [0.2, 0.25) is 0 Å². The van der Waals surface area contributed by atoms with Crippen molar-refractivity contribution in [2.24, 2.45) is 0 Å². The van der Waals surface area contributed by atoms with Gasteiger partial charge in [0.15, 0.2) is 0 Å². The molecule has 1 saturated heterocycles. The summed E-state index contributed by atoms with van der Waals surface area (Å²) >= 11 is 5.17. The molecule has 4 nitrogen and oxygen atoms in total. The van der Waals surface area contributed by atoms with E-state index < -0.39 is 0 Å². The Labute approximate surface area is 172 Å². The van der Waals surface area contributed by atoms with E-state index in [0.717, 1.165) is 58.1 Å². The van der Waals surface area contributed by atoms with Crippen molar-refractivity contribution < 1.29 is 4.79 Å². The van der Waals surface area contributed by atoms with Gasteiger partial charge in [-0.3, -0.25) is 4.79 Å². The van der Waals surface area contributed by atoms with Crippen molar-refractivity contribution >= 4 is 33.2 Å². The van der Waals surface area contributed by atoms with Crippen molar-refractivity contribution in [2.75, 3.05) is 13.1 Å². The minimum absolute atomic E-state index is 0.132. The minimum atomic E-state index is 0.132. The molecule has 27 heavy (non-hydrogen) atoms. The number of carbonyl (C=O) groups is 1. The first-order chi connectivity index (χ1) is 13.0. The normalized spacial score (nSPS) is 17.3. The molecule has 4 rings (SSSR count). The van der Waals surface area contributed by atoms with E-state index in [1.807, 2.05) is 41.6 Å². The van der Waals surface area contributed by atoms with E-state index >= 15 is 0 Å². The molecular weight excluding hydrogens is 422 g/mol. The van der Waals surface area contributed by atoms with Crippen LogP contribution in [0.5, 0.6) is 0 Å². The number of rotatable bonds is 3. The number of aryl methyl sites for hydroxylation is 1. The van der Waals surface area contributed by atoms with Crippen molar-refractivity contribution in [3.63, 3.8) is 0 Å². The summed E-state index contributed by atoms with van der Waals surface area (Å²) in [5.41, 5.74) is 3.95. The number of carbonyl (C=O) groups excluding carboxylic acids is 1. The number of hydrogen-bond acceptors (Lipinski definition) is 3. The van der Waals surface area contributed by atoms with Crippen LogP contribution in [0.1, 0.15) is 45.5 Å². The second kappa shape index (κ2) is 7.60. The van der Waals surface area contributed by atoms with Crippen LogP contribution < -0.4 is 0 Å². The van der Waals surface area contributed by atoms with E-state index in [1.165, 1.54) is 0 Å². The smallest absolute Gasteiger partial charge is 0.255 e. The van der Waals surface area contributed by atoms with Crippen molar-refractivity contribution in [2.45, 2.75) is 32.6 Å². The fourth-order valence-electron chi connectivity index (χ4n) is 3.94. The Bertz CT molecular complexity index is 947. The van der Waals surface area contributed by atoms with Crippen molar-refractivity contribution in [3.8, 4) is 5.69 Å². The van der Waals surface area contributed by atoms with Gasteiger partial charge in [-0.05, 0) is 57.0 Å². The van der Waals surface area contributed by atoms with Gasteiger partial charge < -0.3 is 9.47 Å². The zero-order valence-electron chi connectivity index (χ0n) is 15.5. The highest BCUT2D eigenvalue weighted by molar-refractivity contribution is 9.10. The summed E-state index contributed by atoms with van der Waals surface area (Å²) in [4.78, 5) is 19.7. The molecule has 140 valence electrons. The summed E-state index contributed by atoms with van der Waals surface area (Å²) in [7, 11) is 0. The van der Waals surface area contributed by atoms with E-state index in [1.54, 1.807) is 11.3 Å². The van der Waals surface area contributed by atoms with Gasteiger partial charge in [0, 0.05) is 52.1 Å². The molecule has 1 amide bonds. The van der Waals surface area contributed by atoms with Crippen LogP contribution in [0.25, 0.3) is 5.69 Å². The molecule has 1 aliphatic heterocycles. The molecule has 0 radical (unpaired) electrons. The molecule has 1 aliphatic rings. The van der Waals surface area contributed by atoms with Gasteiger partial charge in [-0.2, -0.15) is 0 Å². The van der Waals surface area contributed by atoms with Gasteiger partial charge in [-0.25, -0.2) is 4.98 Å². The number of nitrogens with zero attached hydrogens (tertiary/aromatic N) is 3. The lowest BCUT2D eigenvalue weighted by molar-refractivity contribution is 0.0706. The van der Waals surface area contributed by atoms with Crippen LogP contribution in [0.4, 0.5) is 0 Å². The first kappa shape index (κ1) is 18.4. The summed E-state index contributed by atoms with van der Waals surface area (Å²) in [6.45, 7) is 5.67. The number of piperidine rings is 1. The number of amides is 1. The highest BCUT2D eigenvalue weighted by Crippen LogP contribution is 2.30. The fourth-order valence-corrected chi connectivity index (χ4v) is 4.97. The maximum absolute atomic E-state index is 13.3. The quantitative estimate of drug-likeness (QED) is 0.548. The maximum Gasteiger partial charge on any atom is 0.255 e. The Hall–Kier alpha value is -1.92. The number of thiazole rings is 1. The van der Waals surface area contributed by atoms with Crippen molar-refractivity contribution in [3.05, 3.63) is 68.3 Å². The molecule has 0 saturated carbocycles. The van der Waals surface area contributed by atoms with Gasteiger partial charge in [0.05, 0.1) is 10.6 Å². The third kappa shape index (κ3) is 3.60. The van der Waals surface area contributed by atoms with E-state index in [2.05, 4.69) is 44.5 Å². The maximum atomic E-state index is 13.3. The molecule has 1 fully saturated rings. The molecule has 3 heterocycles. The lowest BCUT2D eigenvalue weighted by atomic mass is 9.98. The van der Waals surface area contributed by atoms with Crippen LogP contribution >= 0.6 is 27.3 Å². The monoisotopic (exact) mass is 443 g/mol. The molecule has 0 bridgehead atoms. The van der Waals surface area contributed by atoms with Crippen LogP contribution in [0.15, 0.2) is 46.4 Å². The zero-order valence-corrected chi connectivity index (χ0v) is 17.9. The van der Waals surface area contributed by atoms with Crippen molar-refractivity contribution in [1.82, 2.24) is 14.5 Å². The molecule has 0 N–H and O–H groups in total. The number of benzene rings is 1. The van der Waals surface area contributed by atoms with Crippen LogP contribution in [0, 0.1) is 13.8 Å². The van der Waals surface area contributed by atoms with Gasteiger partial charge >= 0.3 is 0 Å². The molecular formula is C21H22BrN3OS. The summed E-state index contributed by atoms with van der Waals surface area (Å²) in [6, 6.07) is 10.2. The summed E-state index contributed by atoms with van der Waals surface area (Å²) in [5, 5.41) is 3.16. The molecule has 1 unspecified atom stereocenters. The van der Waals surface area contributed by atoms with E-state index in [-0.39, 0.29) is 5.91 Å². The van der Waals surface area contributed by atoms with Gasteiger partial charge in [0.25, 0.3) is 5.91 Å². The molecule has 1 aromatic carbocycles. The Morgan fingerprint density at radius 3 is 2.74 bits per heavy atom. The first-order valence-corrected chi connectivity index (χ1v) is 10.9. The highest BCUT2D eigenvalue weighted by atomic mass is 79.9. The summed E-state index contributed by atoms with van der Waals surface area (Å²) in [5.74, 6) is 0.491. The Kier molecular flexibility index (Phi) is 5.19. The van der Waals surface area contributed by atoms with E-state index in [9.17, 15) is 4.79 Å². The topological polar surface area (TPSA) is 38.1 Å². The largest absolute Gasteiger partial charge is 0.338 e. The first-order valence-electron chi connectivity index (χ1n) is 9.18. The molecule has 0 aliphatic carbocycles. The second-order valence-electron chi connectivity index (χ2n) is 7.06. The Morgan fingerprint density at radius 1 is 1.26 bits per heavy atom. The van der Waals surface area contributed by atoms with Crippen LogP contribution in [0.3, 0.4) is 0 Å². The third-order valence-corrected chi connectivity index (χ3v) is 6.72. The number of aromatic nitrogens is 2. The Balaban J connectivity index is 1.60. The van der Waals surface area contributed by atoms with Crippen LogP contribution in [-0.4, -0.2) is 33.4 Å². The lowest BCUT2D eigenvalue weighted by Crippen LogP contribution is -2.39. The zero-order chi connectivity index (χ0) is 19.0. The van der Waals surface area contributed by atoms with Crippen LogP contribution in [0.2, 0.25) is 0 Å². The summed E-state index contributed by atoms with van der Waals surface area (Å²) < 4.78 is 3.20. The van der Waals surface area contributed by atoms with Gasteiger partial charge in [0.1, 0.15) is 0 Å². The molecule has 0 spiro atoms. The Morgan fingerprint density at radius 2 is 2.04 bits per heavy atom. The average molecular weight is 444 g/mol. The predicted octanol–water partition coefficient (Wildman–Crippen LogP) is 5.33. The third-order valence-electron chi connectivity index (χ3n) is 5.26. The van der Waals surface area contributed by atoms with Crippen molar-refractivity contribution in [1.29, 1.82) is 0 Å². The van der Waals surface area contributed by atoms with Crippen LogP contribution in [-0.2, 0) is 0 Å².